The third kappa shape index (κ3) is 6.89. The molecule has 19 heavy (non-hydrogen) atoms. The molecule has 0 radical (unpaired) electrons. The van der Waals surface area contributed by atoms with Gasteiger partial charge in [-0.3, -0.25) is 9.69 Å². The van der Waals surface area contributed by atoms with Crippen LogP contribution in [0.15, 0.2) is 0 Å². The molecule has 1 N–H and O–H groups in total. The molecule has 0 amide bonds. The van der Waals surface area contributed by atoms with Gasteiger partial charge in [0.2, 0.25) is 0 Å². The van der Waals surface area contributed by atoms with Gasteiger partial charge in [0.05, 0.1) is 20.3 Å². The predicted molar refractivity (Wildman–Crippen MR) is 75.2 cm³/mol. The molecular formula is C14H28N2O3. The van der Waals surface area contributed by atoms with Crippen LogP contribution in [0.25, 0.3) is 0 Å². The van der Waals surface area contributed by atoms with Crippen molar-refractivity contribution in [3.63, 3.8) is 0 Å². The van der Waals surface area contributed by atoms with E-state index in [0.29, 0.717) is 0 Å². The lowest BCUT2D eigenvalue weighted by Crippen LogP contribution is -2.41. The normalized spacial score (nSPS) is 18.2. The third-order valence-electron chi connectivity index (χ3n) is 3.48. The maximum absolute atomic E-state index is 11.6. The Kier molecular flexibility index (Phi) is 8.79. The summed E-state index contributed by atoms with van der Waals surface area (Å²) in [5.41, 5.74) is 0. The van der Waals surface area contributed by atoms with Crippen LogP contribution in [-0.4, -0.2) is 63.4 Å². The molecular weight excluding hydrogens is 244 g/mol. The number of nitrogens with one attached hydrogen (secondary N) is 1. The number of carbonyl (C=O) groups excluding carboxylic acids is 1. The van der Waals surface area contributed by atoms with Crippen molar-refractivity contribution in [3.05, 3.63) is 0 Å². The number of ether oxygens (including phenoxy) is 2. The summed E-state index contributed by atoms with van der Waals surface area (Å²) in [5.74, 6) is -0.139. The van der Waals surface area contributed by atoms with Crippen LogP contribution in [0.2, 0.25) is 0 Å². The Balaban J connectivity index is 2.14. The smallest absolute Gasteiger partial charge is 0.322 e. The number of rotatable bonds is 9. The van der Waals surface area contributed by atoms with Gasteiger partial charge in [-0.15, -0.1) is 0 Å². The quantitative estimate of drug-likeness (QED) is 0.502. The van der Waals surface area contributed by atoms with Crippen molar-refractivity contribution in [2.45, 2.75) is 38.6 Å². The number of carbonyl (C=O) groups is 1. The van der Waals surface area contributed by atoms with Gasteiger partial charge in [-0.05, 0) is 25.9 Å². The molecule has 0 bridgehead atoms. The second-order valence-corrected chi connectivity index (χ2v) is 4.98. The van der Waals surface area contributed by atoms with Gasteiger partial charge in [0.15, 0.2) is 0 Å². The van der Waals surface area contributed by atoms with Crippen LogP contribution < -0.4 is 5.32 Å². The first-order valence-corrected chi connectivity index (χ1v) is 7.39. The van der Waals surface area contributed by atoms with Gasteiger partial charge in [-0.1, -0.05) is 19.8 Å². The average molecular weight is 272 g/mol. The number of methoxy groups -OCH3 is 1. The van der Waals surface area contributed by atoms with Crippen LogP contribution in [0.4, 0.5) is 0 Å². The number of hydrogen-bond donors (Lipinski definition) is 1. The molecule has 1 aliphatic rings. The first-order chi connectivity index (χ1) is 9.27. The summed E-state index contributed by atoms with van der Waals surface area (Å²) < 4.78 is 10.1. The number of nitrogens with zero attached hydrogens (tertiary/aromatic N) is 1. The summed E-state index contributed by atoms with van der Waals surface area (Å²) in [7, 11) is 1.46. The fourth-order valence-corrected chi connectivity index (χ4v) is 2.26. The van der Waals surface area contributed by atoms with Crippen molar-refractivity contribution < 1.29 is 14.3 Å². The van der Waals surface area contributed by atoms with Gasteiger partial charge in [-0.2, -0.15) is 0 Å². The Morgan fingerprint density at radius 1 is 1.37 bits per heavy atom. The lowest BCUT2D eigenvalue weighted by atomic mass is 10.1. The van der Waals surface area contributed by atoms with E-state index in [9.17, 15) is 4.79 Å². The van der Waals surface area contributed by atoms with Crippen LogP contribution in [0, 0.1) is 0 Å². The van der Waals surface area contributed by atoms with E-state index < -0.39 is 0 Å². The average Bonchev–Trinajstić information content (AvgIpc) is 2.47. The highest BCUT2D eigenvalue weighted by atomic mass is 16.5. The summed E-state index contributed by atoms with van der Waals surface area (Å²) in [6, 6.07) is -0.144. The predicted octanol–water partition coefficient (Wildman–Crippen LogP) is 1.03. The van der Waals surface area contributed by atoms with E-state index in [2.05, 4.69) is 17.1 Å². The Morgan fingerprint density at radius 2 is 2.11 bits per heavy atom. The number of hydrogen-bond acceptors (Lipinski definition) is 5. The van der Waals surface area contributed by atoms with Gasteiger partial charge < -0.3 is 14.8 Å². The minimum Gasteiger partial charge on any atom is -0.468 e. The van der Waals surface area contributed by atoms with E-state index in [-0.39, 0.29) is 12.0 Å². The molecule has 0 aromatic heterocycles. The summed E-state index contributed by atoms with van der Waals surface area (Å²) in [6.07, 6.45) is 4.07. The van der Waals surface area contributed by atoms with E-state index in [1.807, 2.05) is 0 Å². The zero-order chi connectivity index (χ0) is 13.9. The molecule has 5 heteroatoms. The van der Waals surface area contributed by atoms with Crippen molar-refractivity contribution in [2.24, 2.45) is 0 Å². The van der Waals surface area contributed by atoms with Crippen molar-refractivity contribution in [2.75, 3.05) is 46.5 Å². The molecule has 1 unspecified atom stereocenters. The molecule has 0 aromatic carbocycles. The van der Waals surface area contributed by atoms with Gasteiger partial charge in [-0.25, -0.2) is 0 Å². The standard InChI is InChI=1S/C14H28N2O3/c1-3-4-6-13(14(17)18-2)15-7-5-8-16-9-11-19-12-10-16/h13,15H,3-12H2,1-2H3. The monoisotopic (exact) mass is 272 g/mol. The molecule has 1 saturated heterocycles. The molecule has 1 aliphatic heterocycles. The summed E-state index contributed by atoms with van der Waals surface area (Å²) in [6.45, 7) is 7.79. The number of unbranched alkanes of at least 4 members (excludes halogenated alkanes) is 1. The summed E-state index contributed by atoms with van der Waals surface area (Å²) in [4.78, 5) is 14.0. The zero-order valence-corrected chi connectivity index (χ0v) is 12.3. The van der Waals surface area contributed by atoms with Crippen LogP contribution in [0.1, 0.15) is 32.6 Å². The maximum atomic E-state index is 11.6. The summed E-state index contributed by atoms with van der Waals surface area (Å²) in [5, 5.41) is 3.31. The minimum atomic E-state index is -0.144. The largest absolute Gasteiger partial charge is 0.468 e. The topological polar surface area (TPSA) is 50.8 Å². The van der Waals surface area contributed by atoms with E-state index in [1.54, 1.807) is 0 Å². The highest BCUT2D eigenvalue weighted by molar-refractivity contribution is 5.75. The van der Waals surface area contributed by atoms with Crippen molar-refractivity contribution in [3.8, 4) is 0 Å². The molecule has 1 heterocycles. The van der Waals surface area contributed by atoms with E-state index in [0.717, 1.165) is 65.1 Å². The fraction of sp³-hybridized carbons (Fsp3) is 0.929. The molecule has 5 nitrogen and oxygen atoms in total. The SMILES string of the molecule is CCCCC(NCCCN1CCOCC1)C(=O)OC. The third-order valence-corrected chi connectivity index (χ3v) is 3.48. The van der Waals surface area contributed by atoms with Crippen LogP contribution in [0.3, 0.4) is 0 Å². The highest BCUT2D eigenvalue weighted by Crippen LogP contribution is 2.03. The Morgan fingerprint density at radius 3 is 2.74 bits per heavy atom. The van der Waals surface area contributed by atoms with E-state index in [1.165, 1.54) is 7.11 Å². The molecule has 112 valence electrons. The Hall–Kier alpha value is -0.650. The zero-order valence-electron chi connectivity index (χ0n) is 12.3. The van der Waals surface area contributed by atoms with Crippen LogP contribution in [-0.2, 0) is 14.3 Å². The number of morpholine rings is 1. The molecule has 0 aliphatic carbocycles. The fourth-order valence-electron chi connectivity index (χ4n) is 2.26. The molecule has 0 spiro atoms. The lowest BCUT2D eigenvalue weighted by molar-refractivity contribution is -0.143. The van der Waals surface area contributed by atoms with Gasteiger partial charge in [0, 0.05) is 13.1 Å². The first kappa shape index (κ1) is 16.4. The van der Waals surface area contributed by atoms with Crippen LogP contribution in [0.5, 0.6) is 0 Å². The van der Waals surface area contributed by atoms with E-state index in [4.69, 9.17) is 9.47 Å². The second-order valence-electron chi connectivity index (χ2n) is 4.98. The van der Waals surface area contributed by atoms with Gasteiger partial charge in [0.1, 0.15) is 6.04 Å². The molecule has 0 saturated carbocycles. The molecule has 1 atom stereocenters. The first-order valence-electron chi connectivity index (χ1n) is 7.39. The highest BCUT2D eigenvalue weighted by Gasteiger charge is 2.17. The summed E-state index contributed by atoms with van der Waals surface area (Å²) >= 11 is 0. The molecule has 0 aromatic rings. The van der Waals surface area contributed by atoms with Gasteiger partial charge >= 0.3 is 5.97 Å². The van der Waals surface area contributed by atoms with Gasteiger partial charge in [0.25, 0.3) is 0 Å². The maximum Gasteiger partial charge on any atom is 0.322 e. The molecule has 1 fully saturated rings. The Labute approximate surface area is 116 Å². The van der Waals surface area contributed by atoms with Crippen LogP contribution >= 0.6 is 0 Å². The van der Waals surface area contributed by atoms with Crippen molar-refractivity contribution >= 4 is 5.97 Å². The molecule has 1 rings (SSSR count). The van der Waals surface area contributed by atoms with E-state index >= 15 is 0 Å². The number of esters is 1. The Bertz CT molecular complexity index is 243. The minimum absolute atomic E-state index is 0.139. The van der Waals surface area contributed by atoms with Crippen molar-refractivity contribution in [1.29, 1.82) is 0 Å². The second kappa shape index (κ2) is 10.2. The lowest BCUT2D eigenvalue weighted by Gasteiger charge is -2.26. The van der Waals surface area contributed by atoms with Crippen molar-refractivity contribution in [1.82, 2.24) is 10.2 Å².